The maximum atomic E-state index is 6.30. The van der Waals surface area contributed by atoms with Crippen molar-refractivity contribution in [3.63, 3.8) is 0 Å². The topological polar surface area (TPSA) is 24.5 Å². The smallest absolute Gasteiger partial charge is 0.0865 e. The summed E-state index contributed by atoms with van der Waals surface area (Å²) in [7, 11) is 0. The van der Waals surface area contributed by atoms with E-state index in [1.807, 2.05) is 12.1 Å². The standard InChI is InChI=1S/C15H18Cl2N2O/c16-12-3-4-15(14(17)7-12)19-10-18-6-5-13(19)9-20-8-11-1-2-11/h3-5,7,11,18H,1-2,6,8-10H2. The van der Waals surface area contributed by atoms with Gasteiger partial charge < -0.3 is 9.64 Å². The highest BCUT2D eigenvalue weighted by molar-refractivity contribution is 6.36. The molecule has 1 heterocycles. The van der Waals surface area contributed by atoms with E-state index in [4.69, 9.17) is 27.9 Å². The van der Waals surface area contributed by atoms with Gasteiger partial charge in [-0.15, -0.1) is 0 Å². The molecule has 5 heteroatoms. The highest BCUT2D eigenvalue weighted by Crippen LogP contribution is 2.32. The monoisotopic (exact) mass is 312 g/mol. The molecule has 0 spiro atoms. The summed E-state index contributed by atoms with van der Waals surface area (Å²) in [6.07, 6.45) is 4.78. The molecule has 0 bridgehead atoms. The Morgan fingerprint density at radius 1 is 1.30 bits per heavy atom. The first-order valence-electron chi connectivity index (χ1n) is 6.94. The Morgan fingerprint density at radius 2 is 2.15 bits per heavy atom. The summed E-state index contributed by atoms with van der Waals surface area (Å²) in [5.74, 6) is 0.782. The fourth-order valence-electron chi connectivity index (χ4n) is 2.27. The summed E-state index contributed by atoms with van der Waals surface area (Å²) in [4.78, 5) is 2.15. The molecule has 1 aliphatic carbocycles. The number of hydrogen-bond donors (Lipinski definition) is 1. The maximum Gasteiger partial charge on any atom is 0.0865 e. The van der Waals surface area contributed by atoms with E-state index in [1.54, 1.807) is 6.07 Å². The molecular weight excluding hydrogens is 295 g/mol. The molecular formula is C15H18Cl2N2O. The van der Waals surface area contributed by atoms with E-state index in [-0.39, 0.29) is 0 Å². The normalized spacial score (nSPS) is 19.1. The van der Waals surface area contributed by atoms with Crippen LogP contribution in [0.3, 0.4) is 0 Å². The number of benzene rings is 1. The van der Waals surface area contributed by atoms with E-state index in [0.717, 1.165) is 37.1 Å². The SMILES string of the molecule is Clc1ccc(N2CNCC=C2COCC2CC2)c(Cl)c1. The van der Waals surface area contributed by atoms with E-state index in [2.05, 4.69) is 16.3 Å². The molecule has 0 amide bonds. The Balaban J connectivity index is 1.71. The molecule has 1 fully saturated rings. The van der Waals surface area contributed by atoms with Crippen molar-refractivity contribution >= 4 is 28.9 Å². The molecule has 20 heavy (non-hydrogen) atoms. The molecule has 1 aliphatic heterocycles. The van der Waals surface area contributed by atoms with Crippen LogP contribution in [0.25, 0.3) is 0 Å². The molecule has 0 saturated heterocycles. The Labute approximate surface area is 129 Å². The quantitative estimate of drug-likeness (QED) is 0.897. The van der Waals surface area contributed by atoms with E-state index >= 15 is 0 Å². The average molecular weight is 313 g/mol. The van der Waals surface area contributed by atoms with Crippen LogP contribution in [0.15, 0.2) is 30.0 Å². The molecule has 0 radical (unpaired) electrons. The highest BCUT2D eigenvalue weighted by atomic mass is 35.5. The van der Waals surface area contributed by atoms with Crippen molar-refractivity contribution in [1.82, 2.24) is 5.32 Å². The second-order valence-electron chi connectivity index (χ2n) is 5.29. The third-order valence-corrected chi connectivity index (χ3v) is 4.14. The van der Waals surface area contributed by atoms with Crippen LogP contribution in [-0.2, 0) is 4.74 Å². The summed E-state index contributed by atoms with van der Waals surface area (Å²) >= 11 is 12.3. The van der Waals surface area contributed by atoms with E-state index < -0.39 is 0 Å². The van der Waals surface area contributed by atoms with Gasteiger partial charge in [0.05, 0.1) is 24.0 Å². The molecule has 3 rings (SSSR count). The van der Waals surface area contributed by atoms with Crippen LogP contribution in [0.1, 0.15) is 12.8 Å². The number of hydrogen-bond acceptors (Lipinski definition) is 3. The number of nitrogens with zero attached hydrogens (tertiary/aromatic N) is 1. The van der Waals surface area contributed by atoms with Crippen molar-refractivity contribution in [1.29, 1.82) is 0 Å². The molecule has 1 N–H and O–H groups in total. The van der Waals surface area contributed by atoms with Crippen molar-refractivity contribution in [3.05, 3.63) is 40.0 Å². The number of rotatable bonds is 5. The van der Waals surface area contributed by atoms with Crippen LogP contribution in [-0.4, -0.2) is 26.4 Å². The van der Waals surface area contributed by atoms with E-state index in [1.165, 1.54) is 12.8 Å². The fourth-order valence-corrected chi connectivity index (χ4v) is 2.78. The minimum absolute atomic E-state index is 0.636. The van der Waals surface area contributed by atoms with E-state index in [9.17, 15) is 0 Å². The Kier molecular flexibility index (Phi) is 4.51. The van der Waals surface area contributed by atoms with Crippen LogP contribution < -0.4 is 10.2 Å². The molecule has 2 aliphatic rings. The second-order valence-corrected chi connectivity index (χ2v) is 6.13. The van der Waals surface area contributed by atoms with Gasteiger partial charge in [0.2, 0.25) is 0 Å². The van der Waals surface area contributed by atoms with Gasteiger partial charge >= 0.3 is 0 Å². The summed E-state index contributed by atoms with van der Waals surface area (Å²) in [6, 6.07) is 5.59. The van der Waals surface area contributed by atoms with Crippen molar-refractivity contribution in [2.75, 3.05) is 31.3 Å². The minimum Gasteiger partial charge on any atom is -0.375 e. The lowest BCUT2D eigenvalue weighted by Crippen LogP contribution is -2.39. The highest BCUT2D eigenvalue weighted by Gasteiger charge is 2.23. The van der Waals surface area contributed by atoms with Crippen LogP contribution in [0.2, 0.25) is 10.0 Å². The molecule has 0 aromatic heterocycles. The Bertz CT molecular complexity index is 515. The lowest BCUT2D eigenvalue weighted by molar-refractivity contribution is 0.143. The summed E-state index contributed by atoms with van der Waals surface area (Å²) < 4.78 is 5.81. The first-order valence-corrected chi connectivity index (χ1v) is 7.70. The first-order chi connectivity index (χ1) is 9.74. The van der Waals surface area contributed by atoms with Crippen LogP contribution in [0.5, 0.6) is 0 Å². The zero-order valence-corrected chi connectivity index (χ0v) is 12.8. The van der Waals surface area contributed by atoms with Gasteiger partial charge in [-0.05, 0) is 43.0 Å². The van der Waals surface area contributed by atoms with Crippen LogP contribution in [0, 0.1) is 5.92 Å². The van der Waals surface area contributed by atoms with Gasteiger partial charge in [0.1, 0.15) is 0 Å². The van der Waals surface area contributed by atoms with Crippen molar-refractivity contribution in [2.24, 2.45) is 5.92 Å². The molecule has 1 aromatic carbocycles. The molecule has 1 aromatic rings. The molecule has 108 valence electrons. The van der Waals surface area contributed by atoms with Gasteiger partial charge in [-0.25, -0.2) is 0 Å². The molecule has 0 unspecified atom stereocenters. The summed E-state index contributed by atoms with van der Waals surface area (Å²) in [5, 5.41) is 4.63. The average Bonchev–Trinajstić information content (AvgIpc) is 3.24. The summed E-state index contributed by atoms with van der Waals surface area (Å²) in [5.41, 5.74) is 2.12. The lowest BCUT2D eigenvalue weighted by Gasteiger charge is -2.31. The number of halogens is 2. The second kappa shape index (κ2) is 6.35. The molecule has 0 atom stereocenters. The van der Waals surface area contributed by atoms with Crippen LogP contribution >= 0.6 is 23.2 Å². The maximum absolute atomic E-state index is 6.30. The zero-order chi connectivity index (χ0) is 13.9. The van der Waals surface area contributed by atoms with Crippen molar-refractivity contribution < 1.29 is 4.74 Å². The number of nitrogens with one attached hydrogen (secondary N) is 1. The third kappa shape index (κ3) is 3.47. The summed E-state index contributed by atoms with van der Waals surface area (Å²) in [6.45, 7) is 3.11. The Morgan fingerprint density at radius 3 is 2.90 bits per heavy atom. The van der Waals surface area contributed by atoms with Gasteiger partial charge in [-0.2, -0.15) is 0 Å². The Hall–Kier alpha value is -0.740. The zero-order valence-electron chi connectivity index (χ0n) is 11.2. The van der Waals surface area contributed by atoms with Gasteiger partial charge in [0, 0.05) is 23.9 Å². The van der Waals surface area contributed by atoms with Gasteiger partial charge in [-0.3, -0.25) is 5.32 Å². The third-order valence-electron chi connectivity index (χ3n) is 3.60. The van der Waals surface area contributed by atoms with Gasteiger partial charge in [0.15, 0.2) is 0 Å². The van der Waals surface area contributed by atoms with E-state index in [0.29, 0.717) is 16.7 Å². The van der Waals surface area contributed by atoms with Crippen molar-refractivity contribution in [2.45, 2.75) is 12.8 Å². The number of ether oxygens (including phenoxy) is 1. The molecule has 1 saturated carbocycles. The van der Waals surface area contributed by atoms with Gasteiger partial charge in [-0.1, -0.05) is 23.2 Å². The lowest BCUT2D eigenvalue weighted by atomic mass is 10.2. The fraction of sp³-hybridized carbons (Fsp3) is 0.467. The molecule has 3 nitrogen and oxygen atoms in total. The van der Waals surface area contributed by atoms with Crippen molar-refractivity contribution in [3.8, 4) is 0 Å². The first kappa shape index (κ1) is 14.2. The van der Waals surface area contributed by atoms with Crippen LogP contribution in [0.4, 0.5) is 5.69 Å². The predicted molar refractivity (Wildman–Crippen MR) is 83.4 cm³/mol. The number of anilines is 1. The minimum atomic E-state index is 0.636. The predicted octanol–water partition coefficient (Wildman–Crippen LogP) is 3.67. The largest absolute Gasteiger partial charge is 0.375 e. The van der Waals surface area contributed by atoms with Gasteiger partial charge in [0.25, 0.3) is 0 Å².